The van der Waals surface area contributed by atoms with Crippen molar-refractivity contribution < 1.29 is 24.2 Å². The first kappa shape index (κ1) is 67.3. The summed E-state index contributed by atoms with van der Waals surface area (Å²) in [5.74, 6) is -0.575. The van der Waals surface area contributed by atoms with Crippen LogP contribution in [-0.4, -0.2) is 36.4 Å². The van der Waals surface area contributed by atoms with E-state index in [0.29, 0.717) is 12.8 Å². The second-order valence-corrected chi connectivity index (χ2v) is 20.4. The van der Waals surface area contributed by atoms with Gasteiger partial charge in [-0.2, -0.15) is 0 Å². The topological polar surface area (TPSA) is 72.8 Å². The fraction of sp³-hybridized carbons (Fsp3) is 0.785. The minimum absolute atomic E-state index is 0.0623. The highest BCUT2D eigenvalue weighted by molar-refractivity contribution is 5.70. The van der Waals surface area contributed by atoms with Crippen molar-refractivity contribution in [2.75, 3.05) is 13.2 Å². The molecule has 5 nitrogen and oxygen atoms in total. The summed E-state index contributed by atoms with van der Waals surface area (Å²) >= 11 is 0. The number of hydrogen-bond donors (Lipinski definition) is 1. The number of allylic oxidation sites excluding steroid dienone is 12. The van der Waals surface area contributed by atoms with Crippen molar-refractivity contribution in [2.24, 2.45) is 0 Å². The highest BCUT2D eigenvalue weighted by Gasteiger charge is 2.16. The zero-order chi connectivity index (χ0) is 50.6. The van der Waals surface area contributed by atoms with Crippen LogP contribution in [0.4, 0.5) is 0 Å². The summed E-state index contributed by atoms with van der Waals surface area (Å²) in [6.45, 7) is 4.07. The number of hydrogen-bond acceptors (Lipinski definition) is 5. The van der Waals surface area contributed by atoms with E-state index < -0.39 is 6.10 Å². The third kappa shape index (κ3) is 57.9. The molecule has 1 N–H and O–H groups in total. The molecule has 0 bridgehead atoms. The normalized spacial score (nSPS) is 12.7. The molecule has 0 saturated carbocycles. The number of aliphatic hydroxyl groups excluding tert-OH is 1. The van der Waals surface area contributed by atoms with Crippen LogP contribution >= 0.6 is 0 Å². The lowest BCUT2D eigenvalue weighted by molar-refractivity contribution is -0.161. The predicted octanol–water partition coefficient (Wildman–Crippen LogP) is 20.8. The number of unbranched alkanes of at least 4 members (excludes halogenated alkanes) is 36. The van der Waals surface area contributed by atoms with Crippen LogP contribution < -0.4 is 0 Å². The van der Waals surface area contributed by atoms with E-state index >= 15 is 0 Å². The molecule has 1 atom stereocenters. The average Bonchev–Trinajstić information content (AvgIpc) is 3.36. The number of carbonyl (C=O) groups excluding carboxylic acids is 2. The number of aliphatic hydroxyl groups is 1. The van der Waals surface area contributed by atoms with E-state index in [-0.39, 0.29) is 25.2 Å². The summed E-state index contributed by atoms with van der Waals surface area (Å²) in [7, 11) is 0. The quantitative estimate of drug-likeness (QED) is 0.0373. The van der Waals surface area contributed by atoms with Gasteiger partial charge in [0, 0.05) is 12.8 Å². The van der Waals surface area contributed by atoms with Crippen LogP contribution in [0.2, 0.25) is 0 Å². The van der Waals surface area contributed by atoms with Crippen LogP contribution in [0, 0.1) is 0 Å². The fourth-order valence-corrected chi connectivity index (χ4v) is 8.97. The largest absolute Gasteiger partial charge is 0.462 e. The van der Waals surface area contributed by atoms with Gasteiger partial charge in [0.05, 0.1) is 6.61 Å². The lowest BCUT2D eigenvalue weighted by atomic mass is 10.0. The van der Waals surface area contributed by atoms with Crippen molar-refractivity contribution in [1.29, 1.82) is 0 Å². The first-order chi connectivity index (χ1) is 34.6. The number of ether oxygens (including phenoxy) is 2. The van der Waals surface area contributed by atoms with Gasteiger partial charge >= 0.3 is 11.9 Å². The first-order valence-corrected chi connectivity index (χ1v) is 30.5. The molecule has 0 aliphatic rings. The van der Waals surface area contributed by atoms with Crippen LogP contribution in [0.1, 0.15) is 309 Å². The molecule has 406 valence electrons. The Hall–Kier alpha value is -2.66. The highest BCUT2D eigenvalue weighted by atomic mass is 16.6. The standard InChI is InChI=1S/C65H116O5/c1-3-5-7-9-11-13-15-17-19-21-23-25-26-27-28-29-30-31-32-33-34-35-36-37-38-40-42-44-46-48-50-52-54-56-58-60-65(68)70-63(61-66)62-69-64(67)59-57-55-53-51-49-47-45-43-41-39-24-22-20-18-16-14-12-10-8-6-4-2/h5,7,11,13,17,19,23,25,27-28,30-31,63,66H,3-4,6,8-10,12,14-16,18,20-22,24,26,29,32-62H2,1-2H3/b7-5-,13-11-,19-17-,25-23-,28-27-,31-30-. The molecule has 0 aliphatic heterocycles. The van der Waals surface area contributed by atoms with E-state index in [2.05, 4.69) is 86.8 Å². The Morgan fingerprint density at radius 1 is 0.343 bits per heavy atom. The molecule has 0 aromatic carbocycles. The number of esters is 2. The predicted molar refractivity (Wildman–Crippen MR) is 306 cm³/mol. The van der Waals surface area contributed by atoms with Gasteiger partial charge in [-0.25, -0.2) is 0 Å². The van der Waals surface area contributed by atoms with Crippen molar-refractivity contribution in [3.63, 3.8) is 0 Å². The molecule has 0 rings (SSSR count). The maximum Gasteiger partial charge on any atom is 0.306 e. The van der Waals surface area contributed by atoms with Gasteiger partial charge in [-0.1, -0.05) is 305 Å². The SMILES string of the molecule is CC/C=C\C/C=C\C/C=C\C/C=C\C/C=C\C/C=C\CCCCCCCCCCCCCCCCCCC(=O)OC(CO)COC(=O)CCCCCCCCCCCCCCCCCCCCCCC. The summed E-state index contributed by atoms with van der Waals surface area (Å²) in [6, 6.07) is 0. The summed E-state index contributed by atoms with van der Waals surface area (Å²) in [4.78, 5) is 24.6. The van der Waals surface area contributed by atoms with Crippen molar-refractivity contribution >= 4 is 11.9 Å². The monoisotopic (exact) mass is 977 g/mol. The van der Waals surface area contributed by atoms with E-state index in [1.807, 2.05) is 0 Å². The maximum absolute atomic E-state index is 12.3. The second-order valence-electron chi connectivity index (χ2n) is 20.4. The van der Waals surface area contributed by atoms with E-state index in [1.54, 1.807) is 0 Å². The lowest BCUT2D eigenvalue weighted by Crippen LogP contribution is -2.28. The maximum atomic E-state index is 12.3. The Balaban J connectivity index is 3.45. The summed E-state index contributed by atoms with van der Waals surface area (Å²) in [5, 5.41) is 9.67. The van der Waals surface area contributed by atoms with E-state index in [4.69, 9.17) is 9.47 Å². The Labute approximate surface area is 435 Å². The van der Waals surface area contributed by atoms with Crippen molar-refractivity contribution in [1.82, 2.24) is 0 Å². The Morgan fingerprint density at radius 3 is 0.929 bits per heavy atom. The van der Waals surface area contributed by atoms with Gasteiger partial charge in [0.1, 0.15) is 6.61 Å². The van der Waals surface area contributed by atoms with Crippen molar-refractivity contribution in [2.45, 2.75) is 315 Å². The highest BCUT2D eigenvalue weighted by Crippen LogP contribution is 2.17. The van der Waals surface area contributed by atoms with Gasteiger partial charge in [-0.3, -0.25) is 9.59 Å². The molecule has 0 heterocycles. The Kier molecular flexibility index (Phi) is 58.3. The van der Waals surface area contributed by atoms with Gasteiger partial charge in [0.15, 0.2) is 6.10 Å². The summed E-state index contributed by atoms with van der Waals surface area (Å²) in [5.41, 5.74) is 0. The fourth-order valence-electron chi connectivity index (χ4n) is 8.97. The van der Waals surface area contributed by atoms with Gasteiger partial charge in [-0.15, -0.1) is 0 Å². The molecule has 5 heteroatoms. The van der Waals surface area contributed by atoms with Gasteiger partial charge in [-0.05, 0) is 64.2 Å². The minimum atomic E-state index is -0.772. The van der Waals surface area contributed by atoms with Crippen LogP contribution in [-0.2, 0) is 19.1 Å². The molecule has 0 saturated heterocycles. The van der Waals surface area contributed by atoms with Crippen LogP contribution in [0.5, 0.6) is 0 Å². The third-order valence-electron chi connectivity index (χ3n) is 13.5. The second kappa shape index (κ2) is 60.6. The number of carbonyl (C=O) groups is 2. The molecule has 1 unspecified atom stereocenters. The summed E-state index contributed by atoms with van der Waals surface area (Å²) < 4.78 is 10.7. The van der Waals surface area contributed by atoms with Crippen molar-refractivity contribution in [3.8, 4) is 0 Å². The number of rotatable bonds is 56. The molecule has 0 aromatic rings. The van der Waals surface area contributed by atoms with Gasteiger partial charge in [0.25, 0.3) is 0 Å². The van der Waals surface area contributed by atoms with Crippen molar-refractivity contribution in [3.05, 3.63) is 72.9 Å². The Morgan fingerprint density at radius 2 is 0.614 bits per heavy atom. The van der Waals surface area contributed by atoms with Crippen LogP contribution in [0.3, 0.4) is 0 Å². The van der Waals surface area contributed by atoms with E-state index in [1.165, 1.54) is 205 Å². The van der Waals surface area contributed by atoms with Gasteiger partial charge < -0.3 is 14.6 Å². The zero-order valence-electron chi connectivity index (χ0n) is 46.5. The van der Waals surface area contributed by atoms with E-state index in [9.17, 15) is 14.7 Å². The first-order valence-electron chi connectivity index (χ1n) is 30.5. The molecule has 0 radical (unpaired) electrons. The Bertz CT molecular complexity index is 1240. The van der Waals surface area contributed by atoms with E-state index in [0.717, 1.165) is 77.0 Å². The van der Waals surface area contributed by atoms with Gasteiger partial charge in [0.2, 0.25) is 0 Å². The van der Waals surface area contributed by atoms with Crippen LogP contribution in [0.25, 0.3) is 0 Å². The molecule has 0 amide bonds. The molecular formula is C65H116O5. The average molecular weight is 978 g/mol. The molecule has 70 heavy (non-hydrogen) atoms. The molecule has 0 aromatic heterocycles. The molecular weight excluding hydrogens is 861 g/mol. The minimum Gasteiger partial charge on any atom is -0.462 e. The smallest absolute Gasteiger partial charge is 0.306 e. The summed E-state index contributed by atoms with van der Waals surface area (Å²) in [6.07, 6.45) is 83.2. The molecule has 0 spiro atoms. The lowest BCUT2D eigenvalue weighted by Gasteiger charge is -2.15. The molecule has 0 fully saturated rings. The molecule has 0 aliphatic carbocycles. The zero-order valence-corrected chi connectivity index (χ0v) is 46.5. The third-order valence-corrected chi connectivity index (χ3v) is 13.5. The van der Waals surface area contributed by atoms with Crippen LogP contribution in [0.15, 0.2) is 72.9 Å².